The molecule has 8 heteroatoms. The summed E-state index contributed by atoms with van der Waals surface area (Å²) in [6, 6.07) is 7.22. The lowest BCUT2D eigenvalue weighted by Gasteiger charge is -2.31. The molecule has 0 amide bonds. The number of anilines is 3. The van der Waals surface area contributed by atoms with Crippen molar-refractivity contribution in [3.05, 3.63) is 34.3 Å². The molecule has 0 saturated carbocycles. The Labute approximate surface area is 180 Å². The van der Waals surface area contributed by atoms with Crippen molar-refractivity contribution in [1.29, 1.82) is 0 Å². The average molecular weight is 459 g/mol. The summed E-state index contributed by atoms with van der Waals surface area (Å²) in [6.45, 7) is 4.06. The Morgan fingerprint density at radius 1 is 0.931 bits per heavy atom. The lowest BCUT2D eigenvalue weighted by molar-refractivity contribution is 0.474. The second-order valence-electron chi connectivity index (χ2n) is 7.58. The number of hydrogen-bond donors (Lipinski definition) is 2. The second-order valence-corrected chi connectivity index (χ2v) is 8.50. The van der Waals surface area contributed by atoms with Gasteiger partial charge >= 0.3 is 0 Å². The summed E-state index contributed by atoms with van der Waals surface area (Å²) in [5.41, 5.74) is 3.67. The van der Waals surface area contributed by atoms with Gasteiger partial charge in [-0.1, -0.05) is 15.9 Å². The number of rotatable bonds is 5. The van der Waals surface area contributed by atoms with Crippen LogP contribution < -0.4 is 15.2 Å². The van der Waals surface area contributed by atoms with E-state index in [-0.39, 0.29) is 5.75 Å². The molecule has 2 fully saturated rings. The van der Waals surface area contributed by atoms with Crippen LogP contribution in [-0.4, -0.2) is 47.5 Å². The molecule has 7 nitrogen and oxygen atoms in total. The molecule has 29 heavy (non-hydrogen) atoms. The van der Waals surface area contributed by atoms with E-state index in [4.69, 9.17) is 9.97 Å². The molecule has 0 bridgehead atoms. The fourth-order valence-corrected chi connectivity index (χ4v) is 4.18. The lowest BCUT2D eigenvalue weighted by atomic mass is 10.1. The predicted octanol–water partition coefficient (Wildman–Crippen LogP) is 4.37. The summed E-state index contributed by atoms with van der Waals surface area (Å²) in [7, 11) is 0. The number of piperidine rings is 2. The van der Waals surface area contributed by atoms with Gasteiger partial charge in [-0.2, -0.15) is 15.1 Å². The van der Waals surface area contributed by atoms with Crippen LogP contribution in [0.2, 0.25) is 0 Å². The number of halogens is 1. The summed E-state index contributed by atoms with van der Waals surface area (Å²) in [5.74, 6) is 2.59. The van der Waals surface area contributed by atoms with Gasteiger partial charge in [-0.3, -0.25) is 5.43 Å². The van der Waals surface area contributed by atoms with Crippen LogP contribution in [0.4, 0.5) is 17.6 Å². The Morgan fingerprint density at radius 2 is 1.62 bits per heavy atom. The Hall–Kier alpha value is -2.35. The molecule has 2 saturated heterocycles. The first kappa shape index (κ1) is 19.9. The Kier molecular flexibility index (Phi) is 6.49. The molecular formula is C21H27BrN6O. The van der Waals surface area contributed by atoms with Crippen LogP contribution in [0.3, 0.4) is 0 Å². The number of nitrogens with zero attached hydrogens (tertiary/aromatic N) is 5. The maximum Gasteiger partial charge on any atom is 0.229 e. The number of phenols is 1. The molecule has 1 aromatic carbocycles. The van der Waals surface area contributed by atoms with Crippen LogP contribution in [0, 0.1) is 0 Å². The van der Waals surface area contributed by atoms with Crippen LogP contribution in [0.1, 0.15) is 44.1 Å². The van der Waals surface area contributed by atoms with Crippen molar-refractivity contribution in [1.82, 2.24) is 9.97 Å². The Balaban J connectivity index is 1.57. The van der Waals surface area contributed by atoms with Gasteiger partial charge in [-0.25, -0.2) is 0 Å². The molecule has 2 aliphatic rings. The number of benzene rings is 1. The number of hydrazone groups is 1. The van der Waals surface area contributed by atoms with Crippen LogP contribution in [0.15, 0.2) is 33.8 Å². The zero-order valence-electron chi connectivity index (χ0n) is 16.5. The largest absolute Gasteiger partial charge is 0.507 e. The van der Waals surface area contributed by atoms with Gasteiger partial charge in [-0.05, 0) is 56.7 Å². The molecule has 0 spiro atoms. The second kappa shape index (κ2) is 9.43. The van der Waals surface area contributed by atoms with E-state index in [1.165, 1.54) is 38.5 Å². The molecule has 3 heterocycles. The molecule has 2 N–H and O–H groups in total. The normalized spacial score (nSPS) is 17.7. The smallest absolute Gasteiger partial charge is 0.229 e. The molecule has 2 aliphatic heterocycles. The highest BCUT2D eigenvalue weighted by Gasteiger charge is 2.19. The van der Waals surface area contributed by atoms with E-state index in [1.807, 2.05) is 12.1 Å². The maximum absolute atomic E-state index is 9.98. The van der Waals surface area contributed by atoms with Crippen molar-refractivity contribution < 1.29 is 5.11 Å². The average Bonchev–Trinajstić information content (AvgIpc) is 2.77. The first-order valence-corrected chi connectivity index (χ1v) is 11.1. The third-order valence-corrected chi connectivity index (χ3v) is 5.89. The van der Waals surface area contributed by atoms with Gasteiger partial charge in [0.2, 0.25) is 5.95 Å². The molecule has 0 unspecified atom stereocenters. The molecule has 2 aromatic rings. The third-order valence-electron chi connectivity index (χ3n) is 5.39. The fraction of sp³-hybridized carbons (Fsp3) is 0.476. The van der Waals surface area contributed by atoms with Crippen molar-refractivity contribution in [2.24, 2.45) is 5.10 Å². The molecule has 0 atom stereocenters. The lowest BCUT2D eigenvalue weighted by Crippen LogP contribution is -2.33. The molecule has 1 aromatic heterocycles. The number of aromatic hydroxyl groups is 1. The summed E-state index contributed by atoms with van der Waals surface area (Å²) in [5, 5.41) is 14.3. The van der Waals surface area contributed by atoms with E-state index < -0.39 is 0 Å². The predicted molar refractivity (Wildman–Crippen MR) is 121 cm³/mol. The van der Waals surface area contributed by atoms with Gasteiger partial charge in [0.1, 0.15) is 11.6 Å². The van der Waals surface area contributed by atoms with Crippen LogP contribution in [0.25, 0.3) is 0 Å². The van der Waals surface area contributed by atoms with E-state index in [9.17, 15) is 5.11 Å². The van der Waals surface area contributed by atoms with Crippen molar-refractivity contribution in [3.63, 3.8) is 0 Å². The van der Waals surface area contributed by atoms with E-state index in [0.29, 0.717) is 11.4 Å². The Bertz CT molecular complexity index is 826. The highest BCUT2D eigenvalue weighted by atomic mass is 79.9. The minimum Gasteiger partial charge on any atom is -0.507 e. The fourth-order valence-electron chi connectivity index (χ4n) is 3.80. The monoisotopic (exact) mass is 458 g/mol. The minimum absolute atomic E-state index is 0.185. The number of hydrogen-bond acceptors (Lipinski definition) is 7. The number of phenolic OH excluding ortho intramolecular Hbond substituents is 1. The molecule has 0 aliphatic carbocycles. The van der Waals surface area contributed by atoms with Gasteiger partial charge in [0.25, 0.3) is 0 Å². The van der Waals surface area contributed by atoms with E-state index in [0.717, 1.165) is 42.4 Å². The number of nitrogens with one attached hydrogen (secondary N) is 1. The zero-order valence-corrected chi connectivity index (χ0v) is 18.1. The van der Waals surface area contributed by atoms with Crippen LogP contribution in [0.5, 0.6) is 5.75 Å². The minimum atomic E-state index is 0.185. The van der Waals surface area contributed by atoms with Gasteiger partial charge in [0.15, 0.2) is 5.82 Å². The standard InChI is InChI=1S/C21H27BrN6O/c22-17-7-8-18(29)16(13-17)15-23-26-19-14-20(27-9-3-1-4-10-27)25-21(24-19)28-11-5-2-6-12-28/h7-8,13-15,29H,1-6,9-12H2,(H,24,25,26)/b23-15-. The van der Waals surface area contributed by atoms with Gasteiger partial charge in [-0.15, -0.1) is 0 Å². The summed E-state index contributed by atoms with van der Waals surface area (Å²) in [4.78, 5) is 14.2. The van der Waals surface area contributed by atoms with Crippen LogP contribution >= 0.6 is 15.9 Å². The van der Waals surface area contributed by atoms with Gasteiger partial charge in [0.05, 0.1) is 6.21 Å². The van der Waals surface area contributed by atoms with E-state index in [2.05, 4.69) is 36.3 Å². The first-order valence-electron chi connectivity index (χ1n) is 10.4. The van der Waals surface area contributed by atoms with Crippen molar-refractivity contribution in [3.8, 4) is 5.75 Å². The van der Waals surface area contributed by atoms with Crippen LogP contribution in [-0.2, 0) is 0 Å². The van der Waals surface area contributed by atoms with Crippen molar-refractivity contribution >= 4 is 39.7 Å². The van der Waals surface area contributed by atoms with E-state index in [1.54, 1.807) is 18.3 Å². The number of aromatic nitrogens is 2. The first-order chi connectivity index (χ1) is 14.2. The third kappa shape index (κ3) is 5.18. The van der Waals surface area contributed by atoms with E-state index >= 15 is 0 Å². The zero-order chi connectivity index (χ0) is 20.1. The quantitative estimate of drug-likeness (QED) is 0.511. The maximum atomic E-state index is 9.98. The summed E-state index contributed by atoms with van der Waals surface area (Å²) >= 11 is 3.42. The highest BCUT2D eigenvalue weighted by Crippen LogP contribution is 2.25. The van der Waals surface area contributed by atoms with Gasteiger partial charge < -0.3 is 14.9 Å². The molecule has 0 radical (unpaired) electrons. The Morgan fingerprint density at radius 3 is 2.34 bits per heavy atom. The topological polar surface area (TPSA) is 76.9 Å². The molecular weight excluding hydrogens is 432 g/mol. The molecule has 154 valence electrons. The highest BCUT2D eigenvalue weighted by molar-refractivity contribution is 9.10. The van der Waals surface area contributed by atoms with Crippen molar-refractivity contribution in [2.75, 3.05) is 41.4 Å². The van der Waals surface area contributed by atoms with Crippen molar-refractivity contribution in [2.45, 2.75) is 38.5 Å². The summed E-state index contributed by atoms with van der Waals surface area (Å²) in [6.07, 6.45) is 8.92. The molecule has 4 rings (SSSR count). The SMILES string of the molecule is Oc1ccc(Br)cc1/C=N\Nc1cc(N2CCCCC2)nc(N2CCCCC2)n1. The van der Waals surface area contributed by atoms with Gasteiger partial charge in [0, 0.05) is 42.3 Å². The summed E-state index contributed by atoms with van der Waals surface area (Å²) < 4.78 is 0.888.